The Morgan fingerprint density at radius 1 is 1.29 bits per heavy atom. The number of aromatic nitrogens is 2. The summed E-state index contributed by atoms with van der Waals surface area (Å²) < 4.78 is 25.1. The van der Waals surface area contributed by atoms with Crippen LogP contribution in [0.3, 0.4) is 0 Å². The van der Waals surface area contributed by atoms with Gasteiger partial charge in [-0.2, -0.15) is 0 Å². The van der Waals surface area contributed by atoms with Gasteiger partial charge in [0.15, 0.2) is 10.3 Å². The topological polar surface area (TPSA) is 29.0 Å². The Morgan fingerprint density at radius 2 is 1.93 bits per heavy atom. The summed E-state index contributed by atoms with van der Waals surface area (Å²) in [5, 5.41) is 7.24. The lowest BCUT2D eigenvalue weighted by Gasteiger charge is -2.40. The summed E-state index contributed by atoms with van der Waals surface area (Å²) in [7, 11) is 0. The predicted molar refractivity (Wildman–Crippen MR) is 49.2 cm³/mol. The van der Waals surface area contributed by atoms with Gasteiger partial charge in [0.25, 0.3) is 5.92 Å². The monoisotopic (exact) mass is 239 g/mol. The molecule has 0 spiro atoms. The van der Waals surface area contributed by atoms with Crippen molar-refractivity contribution in [2.24, 2.45) is 0 Å². The molecule has 0 unspecified atom stereocenters. The fourth-order valence-electron chi connectivity index (χ4n) is 1.25. The Morgan fingerprint density at radius 3 is 2.50 bits per heavy atom. The molecule has 1 aromatic heterocycles. The molecule has 0 saturated carbocycles. The van der Waals surface area contributed by atoms with Crippen molar-refractivity contribution in [1.29, 1.82) is 0 Å². The maximum Gasteiger partial charge on any atom is 0.282 e. The van der Waals surface area contributed by atoms with Crippen LogP contribution in [-0.4, -0.2) is 29.2 Å². The summed E-state index contributed by atoms with van der Waals surface area (Å²) >= 11 is 11.2. The van der Waals surface area contributed by atoms with Crippen LogP contribution in [0.4, 0.5) is 14.5 Å². The molecule has 1 aliphatic rings. The minimum atomic E-state index is -2.64. The van der Waals surface area contributed by atoms with Crippen molar-refractivity contribution in [1.82, 2.24) is 10.2 Å². The Balaban J connectivity index is 2.22. The van der Waals surface area contributed by atoms with Gasteiger partial charge in [-0.3, -0.25) is 0 Å². The van der Waals surface area contributed by atoms with Gasteiger partial charge in [0, 0.05) is 6.07 Å². The molecule has 1 aliphatic heterocycles. The van der Waals surface area contributed by atoms with Crippen molar-refractivity contribution in [2.45, 2.75) is 5.92 Å². The first-order valence-electron chi connectivity index (χ1n) is 3.79. The second-order valence-corrected chi connectivity index (χ2v) is 3.80. The van der Waals surface area contributed by atoms with E-state index < -0.39 is 5.92 Å². The van der Waals surface area contributed by atoms with E-state index in [0.29, 0.717) is 5.69 Å². The minimum Gasteiger partial charge on any atom is -0.357 e. The van der Waals surface area contributed by atoms with Gasteiger partial charge in [0.05, 0.1) is 18.8 Å². The number of hydrogen-bond donors (Lipinski definition) is 0. The van der Waals surface area contributed by atoms with Crippen LogP contribution < -0.4 is 4.90 Å². The van der Waals surface area contributed by atoms with Gasteiger partial charge in [0.1, 0.15) is 0 Å². The number of halogens is 4. The average molecular weight is 240 g/mol. The van der Waals surface area contributed by atoms with Crippen LogP contribution >= 0.6 is 23.2 Å². The van der Waals surface area contributed by atoms with Crippen molar-refractivity contribution in [2.75, 3.05) is 18.0 Å². The molecule has 0 atom stereocenters. The van der Waals surface area contributed by atoms with Gasteiger partial charge in [0.2, 0.25) is 0 Å². The van der Waals surface area contributed by atoms with Crippen LogP contribution in [0, 0.1) is 0 Å². The summed E-state index contributed by atoms with van der Waals surface area (Å²) in [5.74, 6) is -2.64. The largest absolute Gasteiger partial charge is 0.357 e. The molecular formula is C7H5Cl2F2N3. The molecular weight excluding hydrogens is 235 g/mol. The van der Waals surface area contributed by atoms with E-state index in [4.69, 9.17) is 23.2 Å². The van der Waals surface area contributed by atoms with Crippen LogP contribution in [0.2, 0.25) is 10.3 Å². The Labute approximate surface area is 88.6 Å². The van der Waals surface area contributed by atoms with Crippen molar-refractivity contribution >= 4 is 28.9 Å². The second-order valence-electron chi connectivity index (χ2n) is 3.06. The third-order valence-electron chi connectivity index (χ3n) is 1.89. The molecule has 2 heterocycles. The van der Waals surface area contributed by atoms with Gasteiger partial charge in [-0.1, -0.05) is 23.2 Å². The van der Waals surface area contributed by atoms with E-state index >= 15 is 0 Å². The van der Waals surface area contributed by atoms with Crippen LogP contribution in [-0.2, 0) is 0 Å². The fourth-order valence-corrected chi connectivity index (χ4v) is 1.60. The van der Waals surface area contributed by atoms with E-state index in [1.807, 2.05) is 0 Å². The molecule has 0 aromatic carbocycles. The molecule has 3 nitrogen and oxygen atoms in total. The highest BCUT2D eigenvalue weighted by Crippen LogP contribution is 2.35. The third kappa shape index (κ3) is 1.74. The zero-order chi connectivity index (χ0) is 10.3. The maximum absolute atomic E-state index is 12.6. The molecule has 2 rings (SSSR count). The van der Waals surface area contributed by atoms with E-state index in [1.54, 1.807) is 0 Å². The molecule has 0 radical (unpaired) electrons. The lowest BCUT2D eigenvalue weighted by atomic mass is 10.1. The number of rotatable bonds is 1. The predicted octanol–water partition coefficient (Wildman–Crippen LogP) is 2.24. The molecule has 0 bridgehead atoms. The third-order valence-corrected chi connectivity index (χ3v) is 2.34. The first-order chi connectivity index (χ1) is 6.48. The summed E-state index contributed by atoms with van der Waals surface area (Å²) in [6.07, 6.45) is 0. The minimum absolute atomic E-state index is 0.0879. The van der Waals surface area contributed by atoms with E-state index in [9.17, 15) is 8.78 Å². The van der Waals surface area contributed by atoms with Gasteiger partial charge in [-0.25, -0.2) is 8.78 Å². The van der Waals surface area contributed by atoms with Crippen molar-refractivity contribution in [3.05, 3.63) is 16.4 Å². The van der Waals surface area contributed by atoms with E-state index in [1.165, 1.54) is 11.0 Å². The van der Waals surface area contributed by atoms with Crippen LogP contribution in [0.15, 0.2) is 6.07 Å². The lowest BCUT2D eigenvalue weighted by Crippen LogP contribution is -2.56. The number of anilines is 1. The zero-order valence-electron chi connectivity index (χ0n) is 6.85. The molecule has 0 aliphatic carbocycles. The maximum atomic E-state index is 12.6. The van der Waals surface area contributed by atoms with Crippen LogP contribution in [0.1, 0.15) is 0 Å². The fraction of sp³-hybridized carbons (Fsp3) is 0.429. The van der Waals surface area contributed by atoms with Crippen molar-refractivity contribution < 1.29 is 8.78 Å². The van der Waals surface area contributed by atoms with E-state index in [-0.39, 0.29) is 23.4 Å². The van der Waals surface area contributed by atoms with Crippen molar-refractivity contribution in [3.63, 3.8) is 0 Å². The smallest absolute Gasteiger partial charge is 0.282 e. The van der Waals surface area contributed by atoms with Gasteiger partial charge < -0.3 is 4.90 Å². The summed E-state index contributed by atoms with van der Waals surface area (Å²) in [5.41, 5.74) is 0.401. The molecule has 7 heteroatoms. The Hall–Kier alpha value is -0.680. The standard InChI is InChI=1S/C7H5Cl2F2N3/c8-5-1-4(6(9)13-12-5)14-2-7(10,11)3-14/h1H,2-3H2. The first kappa shape index (κ1) is 9.86. The van der Waals surface area contributed by atoms with Gasteiger partial charge >= 0.3 is 0 Å². The quantitative estimate of drug-likeness (QED) is 0.753. The van der Waals surface area contributed by atoms with E-state index in [0.717, 1.165) is 0 Å². The highest BCUT2D eigenvalue weighted by molar-refractivity contribution is 6.33. The Bertz CT molecular complexity index is 364. The number of hydrogen-bond acceptors (Lipinski definition) is 3. The Kier molecular flexibility index (Phi) is 2.23. The van der Waals surface area contributed by atoms with Crippen molar-refractivity contribution in [3.8, 4) is 0 Å². The van der Waals surface area contributed by atoms with Crippen LogP contribution in [0.5, 0.6) is 0 Å². The highest BCUT2D eigenvalue weighted by Gasteiger charge is 2.44. The zero-order valence-corrected chi connectivity index (χ0v) is 8.36. The normalized spacial score (nSPS) is 19.3. The molecule has 1 saturated heterocycles. The number of alkyl halides is 2. The molecule has 14 heavy (non-hydrogen) atoms. The number of nitrogens with zero attached hydrogens (tertiary/aromatic N) is 3. The summed E-state index contributed by atoms with van der Waals surface area (Å²) in [4.78, 5) is 1.41. The second kappa shape index (κ2) is 3.17. The molecule has 0 amide bonds. The highest BCUT2D eigenvalue weighted by atomic mass is 35.5. The van der Waals surface area contributed by atoms with Gasteiger partial charge in [-0.15, -0.1) is 10.2 Å². The molecule has 1 aromatic rings. The molecule has 0 N–H and O–H groups in total. The SMILES string of the molecule is FC1(F)CN(c2cc(Cl)nnc2Cl)C1. The molecule has 76 valence electrons. The molecule has 1 fully saturated rings. The lowest BCUT2D eigenvalue weighted by molar-refractivity contribution is -0.0262. The van der Waals surface area contributed by atoms with Crippen LogP contribution in [0.25, 0.3) is 0 Å². The average Bonchev–Trinajstić information content (AvgIpc) is 2.05. The van der Waals surface area contributed by atoms with Gasteiger partial charge in [-0.05, 0) is 0 Å². The first-order valence-corrected chi connectivity index (χ1v) is 4.55. The summed E-state index contributed by atoms with van der Waals surface area (Å²) in [6, 6.07) is 1.42. The van der Waals surface area contributed by atoms with E-state index in [2.05, 4.69) is 10.2 Å². The summed E-state index contributed by atoms with van der Waals surface area (Å²) in [6.45, 7) is -0.705.